The average Bonchev–Trinajstić information content (AvgIpc) is 2.99. The van der Waals surface area contributed by atoms with E-state index in [4.69, 9.17) is 0 Å². The number of aliphatic imine (C=N–C) groups is 1. The van der Waals surface area contributed by atoms with Gasteiger partial charge >= 0.3 is 0 Å². The Kier molecular flexibility index (Phi) is 6.45. The van der Waals surface area contributed by atoms with E-state index in [1.165, 1.54) is 6.07 Å². The molecule has 0 saturated carbocycles. The maximum absolute atomic E-state index is 13.8. The van der Waals surface area contributed by atoms with Gasteiger partial charge in [-0.15, -0.1) is 0 Å². The van der Waals surface area contributed by atoms with E-state index in [0.717, 1.165) is 24.1 Å². The summed E-state index contributed by atoms with van der Waals surface area (Å²) in [5.41, 5.74) is 0.575. The van der Waals surface area contributed by atoms with Crippen molar-refractivity contribution in [3.05, 3.63) is 58.6 Å². The second-order valence-electron chi connectivity index (χ2n) is 4.78. The quantitative estimate of drug-likeness (QED) is 0.609. The maximum Gasteiger partial charge on any atom is 0.191 e. The molecule has 2 aromatic rings. The normalized spacial score (nSPS) is 11.5. The molecule has 118 valence electrons. The van der Waals surface area contributed by atoms with Gasteiger partial charge in [-0.1, -0.05) is 22.0 Å². The first-order valence-electron chi connectivity index (χ1n) is 7.26. The van der Waals surface area contributed by atoms with Gasteiger partial charge in [-0.25, -0.2) is 9.38 Å². The highest BCUT2D eigenvalue weighted by atomic mass is 79.9. The minimum absolute atomic E-state index is 0.249. The van der Waals surface area contributed by atoms with Gasteiger partial charge in [0.2, 0.25) is 0 Å². The molecule has 2 N–H and O–H groups in total. The summed E-state index contributed by atoms with van der Waals surface area (Å²) in [5, 5.41) is 6.41. The van der Waals surface area contributed by atoms with Crippen molar-refractivity contribution in [2.24, 2.45) is 4.99 Å². The molecule has 0 spiro atoms. The molecule has 0 fully saturated rings. The molecule has 0 atom stereocenters. The highest BCUT2D eigenvalue weighted by molar-refractivity contribution is 9.10. The number of guanidine groups is 1. The van der Waals surface area contributed by atoms with E-state index in [1.807, 2.05) is 37.5 Å². The monoisotopic (exact) mass is 366 g/mol. The van der Waals surface area contributed by atoms with Gasteiger partial charge in [-0.2, -0.15) is 0 Å². The van der Waals surface area contributed by atoms with Gasteiger partial charge in [0, 0.05) is 42.1 Å². The molecule has 0 saturated heterocycles. The van der Waals surface area contributed by atoms with E-state index in [2.05, 4.69) is 36.1 Å². The standard InChI is InChI=1S/C16H20BrFN4/c1-2-19-16(20-7-10-22-8-3-4-9-22)21-12-13-5-6-14(17)11-15(13)18/h3-6,8-9,11H,2,7,10,12H2,1H3,(H2,19,20,21). The van der Waals surface area contributed by atoms with E-state index >= 15 is 0 Å². The molecule has 1 heterocycles. The lowest BCUT2D eigenvalue weighted by molar-refractivity contribution is 0.609. The van der Waals surface area contributed by atoms with Crippen LogP contribution in [0, 0.1) is 5.82 Å². The summed E-state index contributed by atoms with van der Waals surface area (Å²) in [5.74, 6) is 0.443. The number of benzene rings is 1. The molecule has 1 aromatic carbocycles. The van der Waals surface area contributed by atoms with Crippen molar-refractivity contribution in [2.45, 2.75) is 20.0 Å². The van der Waals surface area contributed by atoms with E-state index < -0.39 is 0 Å². The lowest BCUT2D eigenvalue weighted by atomic mass is 10.2. The Hall–Kier alpha value is -1.82. The Morgan fingerprint density at radius 3 is 2.73 bits per heavy atom. The Bertz CT molecular complexity index is 611. The van der Waals surface area contributed by atoms with Gasteiger partial charge in [-0.3, -0.25) is 0 Å². The highest BCUT2D eigenvalue weighted by Gasteiger charge is 2.03. The first kappa shape index (κ1) is 16.5. The van der Waals surface area contributed by atoms with E-state index in [1.54, 1.807) is 6.07 Å². The van der Waals surface area contributed by atoms with Gasteiger partial charge in [0.05, 0.1) is 6.54 Å². The summed E-state index contributed by atoms with van der Waals surface area (Å²) in [6.07, 6.45) is 4.03. The lowest BCUT2D eigenvalue weighted by Crippen LogP contribution is -2.38. The number of hydrogen-bond donors (Lipinski definition) is 2. The zero-order chi connectivity index (χ0) is 15.8. The molecular formula is C16H20BrFN4. The van der Waals surface area contributed by atoms with Crippen LogP contribution in [0.15, 0.2) is 52.2 Å². The van der Waals surface area contributed by atoms with Gasteiger partial charge in [0.1, 0.15) is 5.82 Å². The fourth-order valence-electron chi connectivity index (χ4n) is 1.98. The van der Waals surface area contributed by atoms with Crippen LogP contribution in [0.25, 0.3) is 0 Å². The van der Waals surface area contributed by atoms with Crippen molar-refractivity contribution < 1.29 is 4.39 Å². The zero-order valence-corrected chi connectivity index (χ0v) is 14.1. The molecule has 6 heteroatoms. The zero-order valence-electron chi connectivity index (χ0n) is 12.5. The van der Waals surface area contributed by atoms with Gasteiger partial charge in [0.25, 0.3) is 0 Å². The molecule has 0 aliphatic rings. The summed E-state index contributed by atoms with van der Waals surface area (Å²) in [7, 11) is 0. The Morgan fingerprint density at radius 1 is 1.27 bits per heavy atom. The van der Waals surface area contributed by atoms with Crippen molar-refractivity contribution >= 4 is 21.9 Å². The van der Waals surface area contributed by atoms with Crippen molar-refractivity contribution in [3.8, 4) is 0 Å². The Labute approximate surface area is 138 Å². The predicted octanol–water partition coefficient (Wildman–Crippen LogP) is 3.15. The van der Waals surface area contributed by atoms with Crippen LogP contribution in [-0.2, 0) is 13.1 Å². The fourth-order valence-corrected chi connectivity index (χ4v) is 2.31. The minimum Gasteiger partial charge on any atom is -0.357 e. The third-order valence-electron chi connectivity index (χ3n) is 3.10. The van der Waals surface area contributed by atoms with Crippen LogP contribution in [0.3, 0.4) is 0 Å². The number of nitrogens with one attached hydrogen (secondary N) is 2. The highest BCUT2D eigenvalue weighted by Crippen LogP contribution is 2.15. The minimum atomic E-state index is -0.249. The van der Waals surface area contributed by atoms with Gasteiger partial charge in [0.15, 0.2) is 5.96 Å². The third kappa shape index (κ3) is 5.18. The van der Waals surface area contributed by atoms with Crippen LogP contribution in [0.4, 0.5) is 4.39 Å². The van der Waals surface area contributed by atoms with Crippen LogP contribution in [0.2, 0.25) is 0 Å². The predicted molar refractivity (Wildman–Crippen MR) is 91.4 cm³/mol. The number of hydrogen-bond acceptors (Lipinski definition) is 1. The second kappa shape index (κ2) is 8.58. The molecule has 22 heavy (non-hydrogen) atoms. The van der Waals surface area contributed by atoms with Crippen LogP contribution < -0.4 is 10.6 Å². The molecule has 2 rings (SSSR count). The fraction of sp³-hybridized carbons (Fsp3) is 0.312. The Balaban J connectivity index is 1.91. The molecule has 0 radical (unpaired) electrons. The van der Waals surface area contributed by atoms with Gasteiger partial charge in [-0.05, 0) is 31.2 Å². The van der Waals surface area contributed by atoms with Crippen LogP contribution in [0.5, 0.6) is 0 Å². The van der Waals surface area contributed by atoms with Crippen molar-refractivity contribution in [3.63, 3.8) is 0 Å². The van der Waals surface area contributed by atoms with Crippen molar-refractivity contribution in [1.82, 2.24) is 15.2 Å². The Morgan fingerprint density at radius 2 is 2.05 bits per heavy atom. The molecule has 0 amide bonds. The van der Waals surface area contributed by atoms with Crippen LogP contribution in [0.1, 0.15) is 12.5 Å². The number of halogens is 2. The first-order chi connectivity index (χ1) is 10.7. The van der Waals surface area contributed by atoms with E-state index in [0.29, 0.717) is 18.1 Å². The van der Waals surface area contributed by atoms with Crippen LogP contribution in [-0.4, -0.2) is 23.6 Å². The summed E-state index contributed by atoms with van der Waals surface area (Å²) < 4.78 is 16.6. The summed E-state index contributed by atoms with van der Waals surface area (Å²) in [6.45, 7) is 4.67. The van der Waals surface area contributed by atoms with Gasteiger partial charge < -0.3 is 15.2 Å². The molecule has 1 aromatic heterocycles. The smallest absolute Gasteiger partial charge is 0.191 e. The lowest BCUT2D eigenvalue weighted by Gasteiger charge is -2.12. The molecule has 4 nitrogen and oxygen atoms in total. The molecule has 0 aliphatic heterocycles. The summed E-state index contributed by atoms with van der Waals surface area (Å²) >= 11 is 3.25. The molecule has 0 unspecified atom stereocenters. The number of rotatable bonds is 6. The molecule has 0 aliphatic carbocycles. The SMILES string of the molecule is CCNC(=NCc1ccc(Br)cc1F)NCCn1cccc1. The van der Waals surface area contributed by atoms with E-state index in [-0.39, 0.29) is 5.82 Å². The average molecular weight is 367 g/mol. The largest absolute Gasteiger partial charge is 0.357 e. The number of nitrogens with zero attached hydrogens (tertiary/aromatic N) is 2. The van der Waals surface area contributed by atoms with Crippen LogP contribution >= 0.6 is 15.9 Å². The number of aromatic nitrogens is 1. The van der Waals surface area contributed by atoms with E-state index in [9.17, 15) is 4.39 Å². The second-order valence-corrected chi connectivity index (χ2v) is 5.69. The maximum atomic E-state index is 13.8. The summed E-state index contributed by atoms with van der Waals surface area (Å²) in [4.78, 5) is 4.42. The first-order valence-corrected chi connectivity index (χ1v) is 8.05. The topological polar surface area (TPSA) is 41.4 Å². The summed E-state index contributed by atoms with van der Waals surface area (Å²) in [6, 6.07) is 9.01. The van der Waals surface area contributed by atoms with Crippen molar-refractivity contribution in [1.29, 1.82) is 0 Å². The van der Waals surface area contributed by atoms with Crippen molar-refractivity contribution in [2.75, 3.05) is 13.1 Å². The molecule has 0 bridgehead atoms. The molecular weight excluding hydrogens is 347 g/mol. The third-order valence-corrected chi connectivity index (χ3v) is 3.59.